The van der Waals surface area contributed by atoms with E-state index in [-0.39, 0.29) is 29.6 Å². The van der Waals surface area contributed by atoms with Crippen molar-refractivity contribution in [3.8, 4) is 0 Å². The minimum Gasteiger partial charge on any atom is -0.394 e. The number of rotatable bonds is 8. The number of aliphatic hydroxyl groups is 1. The van der Waals surface area contributed by atoms with E-state index in [0.717, 1.165) is 30.9 Å². The van der Waals surface area contributed by atoms with Crippen LogP contribution < -0.4 is 4.90 Å². The number of amides is 3. The molecule has 1 N–H and O–H groups in total. The summed E-state index contributed by atoms with van der Waals surface area (Å²) in [6, 6.07) is 17.9. The zero-order valence-corrected chi connectivity index (χ0v) is 26.1. The number of likely N-dealkylation sites (tertiary alicyclic amines) is 1. The number of nitrogens with zero attached hydrogens (tertiary/aromatic N) is 4. The summed E-state index contributed by atoms with van der Waals surface area (Å²) in [5, 5.41) is 10.5. The normalized spacial score (nSPS) is 30.6. The molecule has 7 rings (SSSR count). The van der Waals surface area contributed by atoms with Crippen molar-refractivity contribution in [3.05, 3.63) is 90.5 Å². The molecule has 6 atom stereocenters. The number of para-hydroxylation sites is 1. The minimum absolute atomic E-state index is 0.0996. The summed E-state index contributed by atoms with van der Waals surface area (Å²) in [6.45, 7) is 4.85. The summed E-state index contributed by atoms with van der Waals surface area (Å²) in [4.78, 5) is 51.6. The van der Waals surface area contributed by atoms with Gasteiger partial charge in [-0.05, 0) is 24.1 Å². The molecule has 5 aliphatic heterocycles. The number of anilines is 1. The van der Waals surface area contributed by atoms with Crippen LogP contribution in [0, 0.1) is 11.8 Å². The first kappa shape index (κ1) is 30.2. The molecule has 10 heteroatoms. The number of hydrogen-bond donors (Lipinski definition) is 1. The van der Waals surface area contributed by atoms with E-state index in [1.807, 2.05) is 77.7 Å². The van der Waals surface area contributed by atoms with Gasteiger partial charge in [0.15, 0.2) is 0 Å². The number of thioether (sulfide) groups is 1. The zero-order chi connectivity index (χ0) is 31.0. The van der Waals surface area contributed by atoms with Crippen molar-refractivity contribution >= 4 is 35.2 Å². The van der Waals surface area contributed by atoms with Gasteiger partial charge >= 0.3 is 0 Å². The lowest BCUT2D eigenvalue weighted by molar-refractivity contribution is -0.145. The molecule has 1 spiro atoms. The van der Waals surface area contributed by atoms with Crippen molar-refractivity contribution in [2.24, 2.45) is 11.8 Å². The lowest BCUT2D eigenvalue weighted by Crippen LogP contribution is -2.57. The van der Waals surface area contributed by atoms with Crippen molar-refractivity contribution in [1.82, 2.24) is 14.7 Å². The zero-order valence-electron chi connectivity index (χ0n) is 25.3. The number of aliphatic hydroxyl groups excluding tert-OH is 1. The van der Waals surface area contributed by atoms with E-state index < -0.39 is 28.7 Å². The first-order chi connectivity index (χ1) is 22.0. The van der Waals surface area contributed by atoms with Gasteiger partial charge in [0, 0.05) is 50.2 Å². The quantitative estimate of drug-likeness (QED) is 0.449. The van der Waals surface area contributed by atoms with E-state index in [4.69, 9.17) is 4.74 Å². The summed E-state index contributed by atoms with van der Waals surface area (Å²) in [5.41, 5.74) is 1.77. The van der Waals surface area contributed by atoms with Crippen LogP contribution >= 0.6 is 11.8 Å². The van der Waals surface area contributed by atoms with E-state index in [1.54, 1.807) is 21.6 Å². The number of carbonyl (C=O) groups excluding carboxylic acids is 3. The number of ether oxygens (including phenoxy) is 1. The van der Waals surface area contributed by atoms with E-state index in [0.29, 0.717) is 39.3 Å². The second kappa shape index (κ2) is 12.7. The van der Waals surface area contributed by atoms with Gasteiger partial charge in [-0.25, -0.2) is 0 Å². The molecule has 2 aromatic rings. The van der Waals surface area contributed by atoms with Crippen molar-refractivity contribution < 1.29 is 24.2 Å². The monoisotopic (exact) mass is 628 g/mol. The smallest absolute Gasteiger partial charge is 0.247 e. The number of hydrogen-bond acceptors (Lipinski definition) is 7. The summed E-state index contributed by atoms with van der Waals surface area (Å²) >= 11 is 1.58. The average Bonchev–Trinajstić information content (AvgIpc) is 3.40. The molecule has 0 radical (unpaired) electrons. The summed E-state index contributed by atoms with van der Waals surface area (Å²) < 4.78 is 4.58. The Kier molecular flexibility index (Phi) is 8.56. The highest BCUT2D eigenvalue weighted by Gasteiger charge is 2.71. The molecule has 3 saturated heterocycles. The third-order valence-electron chi connectivity index (χ3n) is 9.96. The topological polar surface area (TPSA) is 93.6 Å². The lowest BCUT2D eigenvalue weighted by atomic mass is 9.78. The molecular weight excluding hydrogens is 588 g/mol. The first-order valence-electron chi connectivity index (χ1n) is 16.0. The first-order valence-corrected chi connectivity index (χ1v) is 16.8. The molecule has 236 valence electrons. The Labute approximate surface area is 268 Å². The van der Waals surface area contributed by atoms with Gasteiger partial charge in [-0.3, -0.25) is 19.3 Å². The highest BCUT2D eigenvalue weighted by atomic mass is 32.2. The van der Waals surface area contributed by atoms with Crippen LogP contribution in [-0.4, -0.2) is 119 Å². The van der Waals surface area contributed by atoms with Gasteiger partial charge < -0.3 is 24.5 Å². The molecule has 1 unspecified atom stereocenters. The molecule has 5 aliphatic rings. The van der Waals surface area contributed by atoms with Crippen LogP contribution in [0.15, 0.2) is 85.0 Å². The summed E-state index contributed by atoms with van der Waals surface area (Å²) in [5.74, 6) is -1.81. The second-order valence-corrected chi connectivity index (χ2v) is 14.0. The fourth-order valence-electron chi connectivity index (χ4n) is 7.78. The molecule has 3 fully saturated rings. The minimum atomic E-state index is -0.930. The molecule has 9 nitrogen and oxygen atoms in total. The molecule has 0 saturated carbocycles. The molecule has 0 aliphatic carbocycles. The van der Waals surface area contributed by atoms with E-state index in [9.17, 15) is 19.5 Å². The van der Waals surface area contributed by atoms with Gasteiger partial charge in [0.05, 0.1) is 42.4 Å². The Bertz CT molecular complexity index is 1460. The van der Waals surface area contributed by atoms with E-state index >= 15 is 0 Å². The molecular formula is C35H40N4O5S. The van der Waals surface area contributed by atoms with Crippen LogP contribution in [0.5, 0.6) is 0 Å². The number of benzene rings is 2. The van der Waals surface area contributed by atoms with Gasteiger partial charge in [0.2, 0.25) is 17.7 Å². The maximum Gasteiger partial charge on any atom is 0.247 e. The van der Waals surface area contributed by atoms with Crippen LogP contribution in [0.4, 0.5) is 5.69 Å². The number of fused-ring (bicyclic) bond motifs is 2. The number of morpholine rings is 1. The van der Waals surface area contributed by atoms with E-state index in [1.165, 1.54) is 0 Å². The Hall–Kier alpha value is -3.44. The lowest BCUT2D eigenvalue weighted by Gasteiger charge is -2.39. The standard InChI is InChI=1S/C35H40N4O5S/c40-24-27(23-25-9-3-1-4-10-25)39-31-34(43)37(18-17-36-19-21-44-22-20-36)15-8-14-35(31)30(33(39)42)29-28(45-35)13-7-16-38(32(29)41)26-11-5-2-6-12-26/h1-14,27-31,40H,15-24H2/t27-,28-,29+,30+,31?,35+/m1/s1. The van der Waals surface area contributed by atoms with Crippen LogP contribution in [0.1, 0.15) is 5.56 Å². The highest BCUT2D eigenvalue weighted by molar-refractivity contribution is 8.02. The maximum atomic E-state index is 14.8. The fraction of sp³-hybridized carbons (Fsp3) is 0.457. The van der Waals surface area contributed by atoms with Crippen LogP contribution in [0.2, 0.25) is 0 Å². The van der Waals surface area contributed by atoms with Gasteiger partial charge in [0.1, 0.15) is 6.04 Å². The fourth-order valence-corrected chi connectivity index (χ4v) is 9.77. The SMILES string of the molecule is O=C1C2N([C@@H](CO)Cc3ccccc3)C(=O)[C@@H]3[C@H]4C(=O)N(c5ccccc5)CC=C[C@H]4S[C@]23C=CCN1CCN1CCOCC1. The van der Waals surface area contributed by atoms with Crippen molar-refractivity contribution in [2.45, 2.75) is 28.5 Å². The molecule has 0 bridgehead atoms. The Morgan fingerprint density at radius 2 is 1.62 bits per heavy atom. The molecule has 5 heterocycles. The van der Waals surface area contributed by atoms with Crippen LogP contribution in [0.3, 0.4) is 0 Å². The molecule has 45 heavy (non-hydrogen) atoms. The predicted molar refractivity (Wildman–Crippen MR) is 174 cm³/mol. The van der Waals surface area contributed by atoms with Crippen molar-refractivity contribution in [1.29, 1.82) is 0 Å². The molecule has 3 amide bonds. The summed E-state index contributed by atoms with van der Waals surface area (Å²) in [7, 11) is 0. The maximum absolute atomic E-state index is 14.8. The van der Waals surface area contributed by atoms with Gasteiger partial charge in [-0.15, -0.1) is 11.8 Å². The van der Waals surface area contributed by atoms with Gasteiger partial charge in [-0.2, -0.15) is 0 Å². The summed E-state index contributed by atoms with van der Waals surface area (Å²) in [6.07, 6.45) is 8.56. The van der Waals surface area contributed by atoms with Crippen LogP contribution in [0.25, 0.3) is 0 Å². The van der Waals surface area contributed by atoms with Gasteiger partial charge in [-0.1, -0.05) is 72.8 Å². The highest BCUT2D eigenvalue weighted by Crippen LogP contribution is 2.61. The Morgan fingerprint density at radius 1 is 0.889 bits per heavy atom. The van der Waals surface area contributed by atoms with Crippen LogP contribution in [-0.2, 0) is 25.5 Å². The number of carbonyl (C=O) groups is 3. The predicted octanol–water partition coefficient (Wildman–Crippen LogP) is 2.22. The molecule has 2 aromatic carbocycles. The Morgan fingerprint density at radius 3 is 2.36 bits per heavy atom. The molecule has 0 aromatic heterocycles. The van der Waals surface area contributed by atoms with Crippen molar-refractivity contribution in [2.75, 3.05) is 64.0 Å². The Balaban J connectivity index is 1.26. The van der Waals surface area contributed by atoms with Crippen molar-refractivity contribution in [3.63, 3.8) is 0 Å². The largest absolute Gasteiger partial charge is 0.394 e. The van der Waals surface area contributed by atoms with Gasteiger partial charge in [0.25, 0.3) is 0 Å². The third kappa shape index (κ3) is 5.41. The average molecular weight is 629 g/mol. The third-order valence-corrected chi connectivity index (χ3v) is 11.7. The van der Waals surface area contributed by atoms with E-state index in [2.05, 4.69) is 17.1 Å². The second-order valence-electron chi connectivity index (χ2n) is 12.5.